The summed E-state index contributed by atoms with van der Waals surface area (Å²) in [6, 6.07) is 5.46. The standard InChI is InChI=1S/C12H7ClF3N/c13-8-3-6(1-2-9(8)14)7-4-11(16)12(17)5-10(7)15/h1-5H,17H2. The van der Waals surface area contributed by atoms with Gasteiger partial charge in [0.1, 0.15) is 17.5 Å². The lowest BCUT2D eigenvalue weighted by Crippen LogP contribution is -1.94. The van der Waals surface area contributed by atoms with Gasteiger partial charge in [-0.2, -0.15) is 0 Å². The van der Waals surface area contributed by atoms with Crippen LogP contribution in [-0.2, 0) is 0 Å². The van der Waals surface area contributed by atoms with E-state index in [2.05, 4.69) is 0 Å². The van der Waals surface area contributed by atoms with Crippen molar-refractivity contribution in [3.8, 4) is 11.1 Å². The van der Waals surface area contributed by atoms with Crippen LogP contribution in [0.4, 0.5) is 18.9 Å². The van der Waals surface area contributed by atoms with Crippen molar-refractivity contribution in [2.75, 3.05) is 5.73 Å². The lowest BCUT2D eigenvalue weighted by molar-refractivity contribution is 0.607. The maximum Gasteiger partial charge on any atom is 0.146 e. The number of nitrogens with two attached hydrogens (primary N) is 1. The second-order valence-electron chi connectivity index (χ2n) is 3.48. The molecule has 5 heteroatoms. The number of halogens is 4. The third-order valence-electron chi connectivity index (χ3n) is 2.32. The molecule has 0 bridgehead atoms. The van der Waals surface area contributed by atoms with Crippen molar-refractivity contribution in [1.82, 2.24) is 0 Å². The van der Waals surface area contributed by atoms with E-state index in [9.17, 15) is 13.2 Å². The molecule has 0 aliphatic carbocycles. The highest BCUT2D eigenvalue weighted by molar-refractivity contribution is 6.31. The topological polar surface area (TPSA) is 26.0 Å². The Hall–Kier alpha value is -1.68. The van der Waals surface area contributed by atoms with E-state index in [1.165, 1.54) is 12.1 Å². The lowest BCUT2D eigenvalue weighted by Gasteiger charge is -2.06. The average molecular weight is 258 g/mol. The smallest absolute Gasteiger partial charge is 0.146 e. The van der Waals surface area contributed by atoms with Gasteiger partial charge >= 0.3 is 0 Å². The van der Waals surface area contributed by atoms with Gasteiger partial charge in [0.25, 0.3) is 0 Å². The summed E-state index contributed by atoms with van der Waals surface area (Å²) in [5.74, 6) is -2.04. The molecule has 1 nitrogen and oxygen atoms in total. The summed E-state index contributed by atoms with van der Waals surface area (Å²) in [6.07, 6.45) is 0. The van der Waals surface area contributed by atoms with E-state index in [0.29, 0.717) is 0 Å². The van der Waals surface area contributed by atoms with Gasteiger partial charge < -0.3 is 5.73 Å². The van der Waals surface area contributed by atoms with E-state index >= 15 is 0 Å². The second kappa shape index (κ2) is 4.30. The maximum absolute atomic E-state index is 13.6. The molecule has 2 N–H and O–H groups in total. The van der Waals surface area contributed by atoms with Gasteiger partial charge in [-0.05, 0) is 23.8 Å². The van der Waals surface area contributed by atoms with Crippen LogP contribution in [0, 0.1) is 17.5 Å². The third kappa shape index (κ3) is 2.22. The molecule has 17 heavy (non-hydrogen) atoms. The zero-order valence-corrected chi connectivity index (χ0v) is 9.23. The molecule has 88 valence electrons. The lowest BCUT2D eigenvalue weighted by atomic mass is 10.0. The largest absolute Gasteiger partial charge is 0.396 e. The quantitative estimate of drug-likeness (QED) is 0.768. The van der Waals surface area contributed by atoms with Crippen LogP contribution in [0.15, 0.2) is 30.3 Å². The van der Waals surface area contributed by atoms with Crippen LogP contribution in [0.2, 0.25) is 5.02 Å². The molecule has 0 spiro atoms. The van der Waals surface area contributed by atoms with Crippen LogP contribution >= 0.6 is 11.6 Å². The van der Waals surface area contributed by atoms with Crippen molar-refractivity contribution in [3.63, 3.8) is 0 Å². The maximum atomic E-state index is 13.6. The molecule has 0 saturated heterocycles. The van der Waals surface area contributed by atoms with E-state index in [1.807, 2.05) is 0 Å². The summed E-state index contributed by atoms with van der Waals surface area (Å²) in [4.78, 5) is 0. The van der Waals surface area contributed by atoms with Crippen LogP contribution in [0.1, 0.15) is 0 Å². The van der Waals surface area contributed by atoms with Crippen molar-refractivity contribution in [2.24, 2.45) is 0 Å². The third-order valence-corrected chi connectivity index (χ3v) is 2.61. The van der Waals surface area contributed by atoms with Crippen molar-refractivity contribution in [2.45, 2.75) is 0 Å². The molecule has 0 heterocycles. The first-order chi connectivity index (χ1) is 7.99. The molecule has 0 atom stereocenters. The van der Waals surface area contributed by atoms with E-state index < -0.39 is 17.5 Å². The molecule has 0 radical (unpaired) electrons. The molecular formula is C12H7ClF3N. The first-order valence-corrected chi connectivity index (χ1v) is 5.07. The first kappa shape index (κ1) is 11.8. The van der Waals surface area contributed by atoms with Gasteiger partial charge in [0.15, 0.2) is 0 Å². The summed E-state index contributed by atoms with van der Waals surface area (Å²) in [6.45, 7) is 0. The molecule has 2 aromatic rings. The Bertz CT molecular complexity index is 584. The summed E-state index contributed by atoms with van der Waals surface area (Å²) >= 11 is 5.57. The normalized spacial score (nSPS) is 10.6. The molecule has 0 saturated carbocycles. The monoisotopic (exact) mass is 257 g/mol. The van der Waals surface area contributed by atoms with Crippen molar-refractivity contribution >= 4 is 17.3 Å². The van der Waals surface area contributed by atoms with Gasteiger partial charge in [0.2, 0.25) is 0 Å². The van der Waals surface area contributed by atoms with Crippen molar-refractivity contribution in [1.29, 1.82) is 0 Å². The highest BCUT2D eigenvalue weighted by Crippen LogP contribution is 2.29. The molecule has 0 amide bonds. The van der Waals surface area contributed by atoms with E-state index in [0.717, 1.165) is 18.2 Å². The minimum absolute atomic E-state index is 0.0152. The summed E-state index contributed by atoms with van der Waals surface area (Å²) in [7, 11) is 0. The Balaban J connectivity index is 2.60. The second-order valence-corrected chi connectivity index (χ2v) is 3.89. The Morgan fingerprint density at radius 2 is 1.59 bits per heavy atom. The fourth-order valence-electron chi connectivity index (χ4n) is 1.45. The predicted octanol–water partition coefficient (Wildman–Crippen LogP) is 4.01. The van der Waals surface area contributed by atoms with Gasteiger partial charge in [-0.25, -0.2) is 13.2 Å². The summed E-state index contributed by atoms with van der Waals surface area (Å²) < 4.78 is 39.7. The molecule has 0 aliphatic heterocycles. The minimum atomic E-state index is -0.734. The van der Waals surface area contributed by atoms with Crippen LogP contribution < -0.4 is 5.73 Å². The fraction of sp³-hybridized carbons (Fsp3) is 0. The van der Waals surface area contributed by atoms with Crippen LogP contribution in [-0.4, -0.2) is 0 Å². The SMILES string of the molecule is Nc1cc(F)c(-c2ccc(F)c(Cl)c2)cc1F. The number of benzene rings is 2. The van der Waals surface area contributed by atoms with Gasteiger partial charge in [0.05, 0.1) is 10.7 Å². The zero-order chi connectivity index (χ0) is 12.6. The fourth-order valence-corrected chi connectivity index (χ4v) is 1.63. The van der Waals surface area contributed by atoms with Crippen LogP contribution in [0.5, 0.6) is 0 Å². The van der Waals surface area contributed by atoms with Gasteiger partial charge in [-0.1, -0.05) is 17.7 Å². The molecule has 2 aromatic carbocycles. The minimum Gasteiger partial charge on any atom is -0.396 e. The number of anilines is 1. The number of hydrogen-bond acceptors (Lipinski definition) is 1. The van der Waals surface area contributed by atoms with Crippen molar-refractivity contribution in [3.05, 3.63) is 52.8 Å². The van der Waals surface area contributed by atoms with E-state index in [4.69, 9.17) is 17.3 Å². The van der Waals surface area contributed by atoms with Gasteiger partial charge in [-0.15, -0.1) is 0 Å². The highest BCUT2D eigenvalue weighted by Gasteiger charge is 2.11. The number of rotatable bonds is 1. The molecule has 0 aliphatic rings. The van der Waals surface area contributed by atoms with Gasteiger partial charge in [-0.3, -0.25) is 0 Å². The molecule has 2 rings (SSSR count). The Kier molecular flexibility index (Phi) is 2.98. The molecule has 0 unspecified atom stereocenters. The molecule has 0 fully saturated rings. The molecular weight excluding hydrogens is 251 g/mol. The molecule has 0 aromatic heterocycles. The Morgan fingerprint density at radius 1 is 0.882 bits per heavy atom. The van der Waals surface area contributed by atoms with Crippen LogP contribution in [0.25, 0.3) is 11.1 Å². The van der Waals surface area contributed by atoms with E-state index in [-0.39, 0.29) is 21.8 Å². The Labute approximate surface area is 101 Å². The van der Waals surface area contributed by atoms with Crippen molar-refractivity contribution < 1.29 is 13.2 Å². The van der Waals surface area contributed by atoms with Gasteiger partial charge in [0, 0.05) is 11.6 Å². The van der Waals surface area contributed by atoms with Crippen LogP contribution in [0.3, 0.4) is 0 Å². The average Bonchev–Trinajstić information content (AvgIpc) is 2.27. The number of nitrogen functional groups attached to an aromatic ring is 1. The first-order valence-electron chi connectivity index (χ1n) is 4.69. The highest BCUT2D eigenvalue weighted by atomic mass is 35.5. The summed E-state index contributed by atoms with van der Waals surface area (Å²) in [5, 5.41) is -0.154. The zero-order valence-electron chi connectivity index (χ0n) is 8.48. The van der Waals surface area contributed by atoms with E-state index in [1.54, 1.807) is 0 Å². The number of hydrogen-bond donors (Lipinski definition) is 1. The summed E-state index contributed by atoms with van der Waals surface area (Å²) in [5.41, 5.74) is 5.21. The Morgan fingerprint density at radius 3 is 2.24 bits per heavy atom. The predicted molar refractivity (Wildman–Crippen MR) is 61.2 cm³/mol.